The van der Waals surface area contributed by atoms with Crippen LogP contribution >= 0.6 is 0 Å². The molecule has 1 aromatic rings. The van der Waals surface area contributed by atoms with Gasteiger partial charge in [0.1, 0.15) is 17.6 Å². The molecule has 114 valence electrons. The van der Waals surface area contributed by atoms with Crippen molar-refractivity contribution >= 4 is 5.82 Å². The molecule has 0 spiro atoms. The maximum Gasteiger partial charge on any atom is 0.433 e. The number of halogens is 3. The van der Waals surface area contributed by atoms with Gasteiger partial charge >= 0.3 is 6.18 Å². The zero-order valence-corrected chi connectivity index (χ0v) is 12.2. The summed E-state index contributed by atoms with van der Waals surface area (Å²) in [6, 6.07) is 4.02. The minimum atomic E-state index is -4.49. The first-order chi connectivity index (χ1) is 9.85. The molecule has 1 fully saturated rings. The van der Waals surface area contributed by atoms with Crippen LogP contribution in [0.3, 0.4) is 0 Å². The van der Waals surface area contributed by atoms with Gasteiger partial charge in [-0.05, 0) is 36.8 Å². The maximum absolute atomic E-state index is 12.8. The number of rotatable bonds is 3. The highest BCUT2D eigenvalue weighted by molar-refractivity contribution is 5.55. The molecule has 21 heavy (non-hydrogen) atoms. The molecule has 0 aromatic carbocycles. The Hall–Kier alpha value is -1.77. The Morgan fingerprint density at radius 3 is 2.48 bits per heavy atom. The van der Waals surface area contributed by atoms with Gasteiger partial charge in [-0.15, -0.1) is 0 Å². The third-order valence-electron chi connectivity index (χ3n) is 4.52. The first-order valence-corrected chi connectivity index (χ1v) is 7.08. The van der Waals surface area contributed by atoms with Crippen LogP contribution in [0.25, 0.3) is 0 Å². The molecule has 0 radical (unpaired) electrons. The molecule has 0 amide bonds. The number of nitrogens with zero attached hydrogens (tertiary/aromatic N) is 3. The van der Waals surface area contributed by atoms with Crippen LogP contribution in [0.1, 0.15) is 44.4 Å². The van der Waals surface area contributed by atoms with Crippen LogP contribution in [-0.4, -0.2) is 18.1 Å². The molecule has 0 aliphatic carbocycles. The van der Waals surface area contributed by atoms with Gasteiger partial charge in [0.25, 0.3) is 0 Å². The zero-order valence-electron chi connectivity index (χ0n) is 12.2. The largest absolute Gasteiger partial charge is 0.433 e. The number of hydrogen-bond donors (Lipinski definition) is 0. The molecule has 0 saturated carbocycles. The van der Waals surface area contributed by atoms with Gasteiger partial charge in [-0.25, -0.2) is 4.98 Å². The van der Waals surface area contributed by atoms with E-state index in [1.807, 2.05) is 11.0 Å². The summed E-state index contributed by atoms with van der Waals surface area (Å²) in [5.41, 5.74) is -0.629. The first kappa shape index (κ1) is 15.6. The molecule has 0 bridgehead atoms. The molecular weight excluding hydrogens is 279 g/mol. The van der Waals surface area contributed by atoms with Crippen LogP contribution in [0.5, 0.6) is 0 Å². The van der Waals surface area contributed by atoms with Gasteiger partial charge in [0.15, 0.2) is 0 Å². The van der Waals surface area contributed by atoms with Gasteiger partial charge < -0.3 is 4.90 Å². The predicted molar refractivity (Wildman–Crippen MR) is 73.8 cm³/mol. The molecular formula is C15H18F3N3. The monoisotopic (exact) mass is 297 g/mol. The van der Waals surface area contributed by atoms with E-state index in [9.17, 15) is 13.2 Å². The van der Waals surface area contributed by atoms with E-state index in [4.69, 9.17) is 5.26 Å². The minimum absolute atomic E-state index is 0.114. The molecule has 6 heteroatoms. The lowest BCUT2D eigenvalue weighted by Gasteiger charge is -2.27. The number of aromatic nitrogens is 1. The highest BCUT2D eigenvalue weighted by Gasteiger charge is 2.38. The summed E-state index contributed by atoms with van der Waals surface area (Å²) in [6.45, 7) is 5.49. The van der Waals surface area contributed by atoms with E-state index in [1.165, 1.54) is 6.07 Å². The quantitative estimate of drug-likeness (QED) is 0.847. The first-order valence-electron chi connectivity index (χ1n) is 7.08. The number of anilines is 1. The lowest BCUT2D eigenvalue weighted by molar-refractivity contribution is -0.141. The van der Waals surface area contributed by atoms with Crippen LogP contribution < -0.4 is 4.90 Å². The van der Waals surface area contributed by atoms with Gasteiger partial charge in [-0.1, -0.05) is 13.8 Å². The van der Waals surface area contributed by atoms with Gasteiger partial charge in [0.2, 0.25) is 0 Å². The zero-order chi connectivity index (χ0) is 15.7. The van der Waals surface area contributed by atoms with Crippen molar-refractivity contribution in [1.82, 2.24) is 4.98 Å². The Bertz CT molecular complexity index is 556. The second kappa shape index (κ2) is 5.55. The van der Waals surface area contributed by atoms with Gasteiger partial charge in [-0.3, -0.25) is 0 Å². The average molecular weight is 297 g/mol. The molecule has 1 aliphatic heterocycles. The Labute approximate surface area is 122 Å². The topological polar surface area (TPSA) is 39.9 Å². The number of nitriles is 1. The molecule has 1 aromatic heterocycles. The molecule has 0 N–H and O–H groups in total. The fourth-order valence-corrected chi connectivity index (χ4v) is 2.88. The number of hydrogen-bond acceptors (Lipinski definition) is 3. The van der Waals surface area contributed by atoms with Crippen molar-refractivity contribution in [3.05, 3.63) is 23.4 Å². The lowest BCUT2D eigenvalue weighted by atomic mass is 9.82. The third kappa shape index (κ3) is 2.97. The predicted octanol–water partition coefficient (Wildman–Crippen LogP) is 3.99. The summed E-state index contributed by atoms with van der Waals surface area (Å²) < 4.78 is 38.4. The van der Waals surface area contributed by atoms with Crippen LogP contribution in [0.4, 0.5) is 19.0 Å². The summed E-state index contributed by atoms with van der Waals surface area (Å²) in [7, 11) is 0. The SMILES string of the molecule is CCC1(CC)CCN(c2nc(C(F)(F)F)ccc2C#N)C1. The van der Waals surface area contributed by atoms with Crippen molar-refractivity contribution < 1.29 is 13.2 Å². The Kier molecular flexibility index (Phi) is 4.13. The van der Waals surface area contributed by atoms with E-state index in [0.717, 1.165) is 25.3 Å². The van der Waals surface area contributed by atoms with E-state index < -0.39 is 11.9 Å². The fraction of sp³-hybridized carbons (Fsp3) is 0.600. The highest BCUT2D eigenvalue weighted by Crippen LogP contribution is 2.40. The van der Waals surface area contributed by atoms with Crippen molar-refractivity contribution in [2.75, 3.05) is 18.0 Å². The van der Waals surface area contributed by atoms with E-state index in [1.54, 1.807) is 0 Å². The van der Waals surface area contributed by atoms with Crippen molar-refractivity contribution in [3.8, 4) is 6.07 Å². The summed E-state index contributed by atoms with van der Waals surface area (Å²) in [4.78, 5) is 5.53. The molecule has 0 atom stereocenters. The highest BCUT2D eigenvalue weighted by atomic mass is 19.4. The standard InChI is InChI=1S/C15H18F3N3/c1-3-14(4-2)7-8-21(10-14)13-11(9-19)5-6-12(20-13)15(16,17)18/h5-6H,3-4,7-8,10H2,1-2H3. The molecule has 2 heterocycles. The van der Waals surface area contributed by atoms with Gasteiger partial charge in [0.05, 0.1) is 5.56 Å². The van der Waals surface area contributed by atoms with Crippen LogP contribution in [0.2, 0.25) is 0 Å². The summed E-state index contributed by atoms with van der Waals surface area (Å²) in [6.07, 6.45) is -1.63. The number of alkyl halides is 3. The third-order valence-corrected chi connectivity index (χ3v) is 4.52. The van der Waals surface area contributed by atoms with Gasteiger partial charge in [0, 0.05) is 13.1 Å². The molecule has 2 rings (SSSR count). The van der Waals surface area contributed by atoms with Crippen LogP contribution in [-0.2, 0) is 6.18 Å². The van der Waals surface area contributed by atoms with E-state index in [0.29, 0.717) is 13.1 Å². The molecule has 1 saturated heterocycles. The maximum atomic E-state index is 12.8. The van der Waals surface area contributed by atoms with E-state index in [2.05, 4.69) is 18.8 Å². The van der Waals surface area contributed by atoms with Crippen LogP contribution in [0.15, 0.2) is 12.1 Å². The average Bonchev–Trinajstić information content (AvgIpc) is 2.90. The Morgan fingerprint density at radius 1 is 1.33 bits per heavy atom. The Balaban J connectivity index is 2.38. The smallest absolute Gasteiger partial charge is 0.355 e. The number of pyridine rings is 1. The van der Waals surface area contributed by atoms with Crippen molar-refractivity contribution in [2.45, 2.75) is 39.3 Å². The molecule has 0 unspecified atom stereocenters. The second-order valence-corrected chi connectivity index (χ2v) is 5.56. The summed E-state index contributed by atoms with van der Waals surface area (Å²) in [5.74, 6) is 0.163. The molecule has 1 aliphatic rings. The lowest BCUT2D eigenvalue weighted by Crippen LogP contribution is -2.28. The van der Waals surface area contributed by atoms with Crippen molar-refractivity contribution in [1.29, 1.82) is 5.26 Å². The summed E-state index contributed by atoms with van der Waals surface area (Å²) >= 11 is 0. The van der Waals surface area contributed by atoms with Crippen LogP contribution in [0, 0.1) is 16.7 Å². The summed E-state index contributed by atoms with van der Waals surface area (Å²) in [5, 5.41) is 9.12. The van der Waals surface area contributed by atoms with Crippen molar-refractivity contribution in [3.63, 3.8) is 0 Å². The Morgan fingerprint density at radius 2 is 2.00 bits per heavy atom. The van der Waals surface area contributed by atoms with E-state index >= 15 is 0 Å². The molecule has 3 nitrogen and oxygen atoms in total. The minimum Gasteiger partial charge on any atom is -0.355 e. The van der Waals surface area contributed by atoms with Gasteiger partial charge in [-0.2, -0.15) is 18.4 Å². The van der Waals surface area contributed by atoms with Crippen molar-refractivity contribution in [2.24, 2.45) is 5.41 Å². The normalized spacial score (nSPS) is 17.8. The fourth-order valence-electron chi connectivity index (χ4n) is 2.88. The van der Waals surface area contributed by atoms with E-state index in [-0.39, 0.29) is 16.8 Å². The second-order valence-electron chi connectivity index (χ2n) is 5.56.